The minimum Gasteiger partial charge on any atom is -0.355 e. The molecule has 1 aliphatic rings. The van der Waals surface area contributed by atoms with Crippen LogP contribution in [-0.2, 0) is 0 Å². The van der Waals surface area contributed by atoms with Crippen molar-refractivity contribution in [1.29, 1.82) is 0 Å². The summed E-state index contributed by atoms with van der Waals surface area (Å²) in [6.07, 6.45) is 2.35. The van der Waals surface area contributed by atoms with Crippen molar-refractivity contribution < 1.29 is 4.79 Å². The Labute approximate surface area is 149 Å². The normalized spacial score (nSPS) is 15.4. The molecule has 132 valence electrons. The van der Waals surface area contributed by atoms with E-state index in [1.54, 1.807) is 6.07 Å². The number of aromatic nitrogens is 2. The average Bonchev–Trinajstić information content (AvgIpc) is 2.63. The third kappa shape index (κ3) is 4.35. The van der Waals surface area contributed by atoms with Crippen LogP contribution in [0.25, 0.3) is 0 Å². The highest BCUT2D eigenvalue weighted by atomic mass is 16.1. The zero-order valence-corrected chi connectivity index (χ0v) is 15.2. The Balaban J connectivity index is 1.62. The van der Waals surface area contributed by atoms with Crippen molar-refractivity contribution in [3.05, 3.63) is 47.7 Å². The fraction of sp³-hybridized carbons (Fsp3) is 0.450. The Morgan fingerprint density at radius 2 is 1.76 bits per heavy atom. The van der Waals surface area contributed by atoms with Gasteiger partial charge in [0.25, 0.3) is 5.91 Å². The highest BCUT2D eigenvalue weighted by Crippen LogP contribution is 2.21. The Bertz CT molecular complexity index is 701. The number of amides is 1. The zero-order chi connectivity index (χ0) is 17.8. The van der Waals surface area contributed by atoms with Crippen LogP contribution in [0, 0.1) is 5.92 Å². The number of hydrogen-bond acceptors (Lipinski definition) is 4. The molecule has 5 nitrogen and oxygen atoms in total. The number of hydrogen-bond donors (Lipinski definition) is 1. The molecule has 0 aliphatic carbocycles. The highest BCUT2D eigenvalue weighted by Gasteiger charge is 2.18. The minimum absolute atomic E-state index is 0.233. The molecule has 25 heavy (non-hydrogen) atoms. The lowest BCUT2D eigenvalue weighted by atomic mass is 9.99. The second-order valence-corrected chi connectivity index (χ2v) is 7.18. The van der Waals surface area contributed by atoms with E-state index in [2.05, 4.69) is 41.2 Å². The lowest BCUT2D eigenvalue weighted by Gasteiger charge is -2.30. The summed E-state index contributed by atoms with van der Waals surface area (Å²) in [5, 5.41) is 11.2. The summed E-state index contributed by atoms with van der Waals surface area (Å²) in [6, 6.07) is 11.5. The summed E-state index contributed by atoms with van der Waals surface area (Å²) >= 11 is 0. The summed E-state index contributed by atoms with van der Waals surface area (Å²) in [6.45, 7) is 8.58. The van der Waals surface area contributed by atoms with E-state index in [0.717, 1.165) is 30.5 Å². The molecule has 0 spiro atoms. The molecule has 0 saturated carbocycles. The van der Waals surface area contributed by atoms with Gasteiger partial charge in [-0.2, -0.15) is 0 Å². The summed E-state index contributed by atoms with van der Waals surface area (Å²) < 4.78 is 0. The van der Waals surface area contributed by atoms with Gasteiger partial charge in [-0.25, -0.2) is 0 Å². The van der Waals surface area contributed by atoms with Gasteiger partial charge in [0.15, 0.2) is 11.5 Å². The molecular weight excluding hydrogens is 312 g/mol. The van der Waals surface area contributed by atoms with Crippen molar-refractivity contribution in [2.24, 2.45) is 5.92 Å². The molecular formula is C20H26N4O. The molecule has 2 aromatic rings. The molecule has 1 aliphatic heterocycles. The molecule has 1 N–H and O–H groups in total. The van der Waals surface area contributed by atoms with Gasteiger partial charge in [-0.1, -0.05) is 32.9 Å². The van der Waals surface area contributed by atoms with Crippen molar-refractivity contribution in [2.45, 2.75) is 39.5 Å². The number of piperidine rings is 1. The van der Waals surface area contributed by atoms with Crippen LogP contribution in [0.3, 0.4) is 0 Å². The zero-order valence-electron chi connectivity index (χ0n) is 15.2. The number of rotatable bonds is 4. The van der Waals surface area contributed by atoms with E-state index in [0.29, 0.717) is 11.6 Å². The molecule has 1 saturated heterocycles. The molecule has 2 heterocycles. The third-order valence-corrected chi connectivity index (χ3v) is 4.83. The quantitative estimate of drug-likeness (QED) is 0.912. The van der Waals surface area contributed by atoms with Gasteiger partial charge in [0, 0.05) is 18.8 Å². The summed E-state index contributed by atoms with van der Waals surface area (Å²) in [5.74, 6) is 1.87. The van der Waals surface area contributed by atoms with Crippen molar-refractivity contribution in [3.63, 3.8) is 0 Å². The number of carbonyl (C=O) groups excluding carboxylic acids is 1. The highest BCUT2D eigenvalue weighted by molar-refractivity contribution is 6.02. The van der Waals surface area contributed by atoms with Crippen LogP contribution in [0.15, 0.2) is 36.4 Å². The maximum absolute atomic E-state index is 12.3. The van der Waals surface area contributed by atoms with E-state index in [4.69, 9.17) is 0 Å². The first-order valence-corrected chi connectivity index (χ1v) is 9.03. The molecule has 0 radical (unpaired) electrons. The smallest absolute Gasteiger partial charge is 0.276 e. The first kappa shape index (κ1) is 17.4. The van der Waals surface area contributed by atoms with Gasteiger partial charge in [0.1, 0.15) is 0 Å². The monoisotopic (exact) mass is 338 g/mol. The molecule has 0 unspecified atom stereocenters. The minimum atomic E-state index is -0.233. The van der Waals surface area contributed by atoms with Crippen LogP contribution < -0.4 is 10.2 Å². The van der Waals surface area contributed by atoms with Crippen LogP contribution in [0.5, 0.6) is 0 Å². The molecule has 5 heteroatoms. The SMILES string of the molecule is CC1CCN(c2ccc(C(=O)Nc3ccc(C(C)C)cc3)nn2)CC1. The molecule has 1 aromatic carbocycles. The molecule has 0 atom stereocenters. The molecule has 0 bridgehead atoms. The number of anilines is 2. The van der Waals surface area contributed by atoms with Gasteiger partial charge in [-0.3, -0.25) is 4.79 Å². The average molecular weight is 338 g/mol. The lowest BCUT2D eigenvalue weighted by molar-refractivity contribution is 0.102. The number of carbonyl (C=O) groups is 1. The number of benzene rings is 1. The van der Waals surface area contributed by atoms with Crippen LogP contribution in [0.4, 0.5) is 11.5 Å². The van der Waals surface area contributed by atoms with Gasteiger partial charge < -0.3 is 10.2 Å². The van der Waals surface area contributed by atoms with E-state index in [1.807, 2.05) is 30.3 Å². The predicted molar refractivity (Wildman–Crippen MR) is 101 cm³/mol. The predicted octanol–water partition coefficient (Wildman–Crippen LogP) is 4.09. The summed E-state index contributed by atoms with van der Waals surface area (Å²) in [4.78, 5) is 14.6. The Morgan fingerprint density at radius 3 is 2.32 bits per heavy atom. The van der Waals surface area contributed by atoms with Gasteiger partial charge in [-0.05, 0) is 54.5 Å². The van der Waals surface area contributed by atoms with Gasteiger partial charge >= 0.3 is 0 Å². The largest absolute Gasteiger partial charge is 0.355 e. The first-order chi connectivity index (χ1) is 12.0. The van der Waals surface area contributed by atoms with Crippen molar-refractivity contribution in [3.8, 4) is 0 Å². The van der Waals surface area contributed by atoms with Crippen LogP contribution in [-0.4, -0.2) is 29.2 Å². The number of nitrogens with zero attached hydrogens (tertiary/aromatic N) is 3. The molecule has 1 fully saturated rings. The van der Waals surface area contributed by atoms with Crippen molar-refractivity contribution in [2.75, 3.05) is 23.3 Å². The van der Waals surface area contributed by atoms with E-state index in [-0.39, 0.29) is 5.91 Å². The summed E-state index contributed by atoms with van der Waals surface area (Å²) in [5.41, 5.74) is 2.35. The second-order valence-electron chi connectivity index (χ2n) is 7.18. The topological polar surface area (TPSA) is 58.1 Å². The van der Waals surface area contributed by atoms with Gasteiger partial charge in [-0.15, -0.1) is 10.2 Å². The van der Waals surface area contributed by atoms with Crippen LogP contribution in [0.2, 0.25) is 0 Å². The lowest BCUT2D eigenvalue weighted by Crippen LogP contribution is -2.33. The summed E-state index contributed by atoms with van der Waals surface area (Å²) in [7, 11) is 0. The van der Waals surface area contributed by atoms with Gasteiger partial charge in [0.2, 0.25) is 0 Å². The second kappa shape index (κ2) is 7.64. The number of nitrogens with one attached hydrogen (secondary N) is 1. The van der Waals surface area contributed by atoms with Crippen LogP contribution in [0.1, 0.15) is 55.6 Å². The molecule has 3 rings (SSSR count). The molecule has 1 amide bonds. The van der Waals surface area contributed by atoms with Gasteiger partial charge in [0.05, 0.1) is 0 Å². The fourth-order valence-corrected chi connectivity index (χ4v) is 3.00. The Morgan fingerprint density at radius 1 is 1.08 bits per heavy atom. The third-order valence-electron chi connectivity index (χ3n) is 4.83. The van der Waals surface area contributed by atoms with Crippen molar-refractivity contribution in [1.82, 2.24) is 10.2 Å². The first-order valence-electron chi connectivity index (χ1n) is 9.03. The Hall–Kier alpha value is -2.43. The van der Waals surface area contributed by atoms with Crippen LogP contribution >= 0.6 is 0 Å². The van der Waals surface area contributed by atoms with E-state index >= 15 is 0 Å². The van der Waals surface area contributed by atoms with E-state index < -0.39 is 0 Å². The van der Waals surface area contributed by atoms with E-state index in [9.17, 15) is 4.79 Å². The molecule has 1 aromatic heterocycles. The van der Waals surface area contributed by atoms with E-state index in [1.165, 1.54) is 18.4 Å². The Kier molecular flexibility index (Phi) is 5.31. The fourth-order valence-electron chi connectivity index (χ4n) is 3.00. The maximum atomic E-state index is 12.3. The maximum Gasteiger partial charge on any atom is 0.276 e. The van der Waals surface area contributed by atoms with Crippen molar-refractivity contribution >= 4 is 17.4 Å². The standard InChI is InChI=1S/C20H26N4O/c1-14(2)16-4-6-17(7-5-16)21-20(25)18-8-9-19(23-22-18)24-12-10-15(3)11-13-24/h4-9,14-15H,10-13H2,1-3H3,(H,21,25).